The Hall–Kier alpha value is -1.26. The molecule has 0 spiro atoms. The minimum Gasteiger partial charge on any atom is -0.358 e. The third-order valence-corrected chi connectivity index (χ3v) is 2.64. The summed E-state index contributed by atoms with van der Waals surface area (Å²) in [5, 5.41) is 10.6. The molecule has 14 heavy (non-hydrogen) atoms. The van der Waals surface area contributed by atoms with E-state index in [0.717, 1.165) is 19.4 Å². The Balaban J connectivity index is 2.66. The van der Waals surface area contributed by atoms with Crippen LogP contribution in [0, 0.1) is 10.1 Å². The number of hydrogen-bond donors (Lipinski definition) is 0. The molecular formula is C9H17N3O2. The summed E-state index contributed by atoms with van der Waals surface area (Å²) in [6, 6.07) is 0. The maximum atomic E-state index is 10.6. The first kappa shape index (κ1) is 10.8. The molecule has 0 saturated heterocycles. The second-order valence-corrected chi connectivity index (χ2v) is 3.58. The van der Waals surface area contributed by atoms with Crippen molar-refractivity contribution in [3.8, 4) is 0 Å². The second-order valence-electron chi connectivity index (χ2n) is 3.58. The quantitative estimate of drug-likeness (QED) is 0.508. The fourth-order valence-corrected chi connectivity index (χ4v) is 1.53. The predicted octanol–water partition coefficient (Wildman–Crippen LogP) is 1.46. The van der Waals surface area contributed by atoms with E-state index < -0.39 is 0 Å². The molecule has 0 amide bonds. The van der Waals surface area contributed by atoms with Crippen molar-refractivity contribution in [2.75, 3.05) is 13.6 Å². The highest BCUT2D eigenvalue weighted by Crippen LogP contribution is 2.20. The molecular weight excluding hydrogens is 182 g/mol. The van der Waals surface area contributed by atoms with E-state index in [2.05, 4.69) is 6.92 Å². The molecule has 0 aromatic rings. The fraction of sp³-hybridized carbons (Fsp3) is 0.778. The molecule has 1 unspecified atom stereocenters. The van der Waals surface area contributed by atoms with Gasteiger partial charge in [0.2, 0.25) is 0 Å². The van der Waals surface area contributed by atoms with Gasteiger partial charge >= 0.3 is 5.82 Å². The van der Waals surface area contributed by atoms with Gasteiger partial charge in [0.25, 0.3) is 0 Å². The standard InChI is InChI=1S/C9H17N3O2/c1-4-5-6-11-7-9(12(13)14)10(3)8(11)2/h7-8H,4-6H2,1-3H3. The zero-order valence-corrected chi connectivity index (χ0v) is 8.93. The van der Waals surface area contributed by atoms with Crippen molar-refractivity contribution < 1.29 is 4.92 Å². The van der Waals surface area contributed by atoms with Crippen molar-refractivity contribution in [3.05, 3.63) is 22.1 Å². The molecule has 0 aromatic heterocycles. The molecule has 0 radical (unpaired) electrons. The fourth-order valence-electron chi connectivity index (χ4n) is 1.53. The summed E-state index contributed by atoms with van der Waals surface area (Å²) in [4.78, 5) is 14.0. The average Bonchev–Trinajstić information content (AvgIpc) is 2.42. The van der Waals surface area contributed by atoms with Crippen LogP contribution in [0.2, 0.25) is 0 Å². The van der Waals surface area contributed by atoms with Gasteiger partial charge in [0.15, 0.2) is 6.17 Å². The van der Waals surface area contributed by atoms with Crippen LogP contribution in [-0.4, -0.2) is 34.5 Å². The van der Waals surface area contributed by atoms with Gasteiger partial charge in [-0.25, -0.2) is 4.90 Å². The molecule has 1 aliphatic rings. The number of unbranched alkanes of at least 4 members (excludes halogenated alkanes) is 1. The Morgan fingerprint density at radius 2 is 2.29 bits per heavy atom. The van der Waals surface area contributed by atoms with Crippen molar-refractivity contribution in [2.24, 2.45) is 0 Å². The smallest absolute Gasteiger partial charge is 0.335 e. The third-order valence-electron chi connectivity index (χ3n) is 2.64. The van der Waals surface area contributed by atoms with Crippen LogP contribution in [0.15, 0.2) is 12.0 Å². The van der Waals surface area contributed by atoms with Crippen LogP contribution in [0.5, 0.6) is 0 Å². The summed E-state index contributed by atoms with van der Waals surface area (Å²) in [5.74, 6) is 0.189. The highest BCUT2D eigenvalue weighted by molar-refractivity contribution is 5.00. The molecule has 1 atom stereocenters. The Morgan fingerprint density at radius 1 is 1.64 bits per heavy atom. The monoisotopic (exact) mass is 199 g/mol. The second kappa shape index (κ2) is 4.30. The van der Waals surface area contributed by atoms with Gasteiger partial charge in [-0.05, 0) is 18.3 Å². The van der Waals surface area contributed by atoms with Crippen LogP contribution in [0.4, 0.5) is 0 Å². The third kappa shape index (κ3) is 1.97. The van der Waals surface area contributed by atoms with E-state index in [1.165, 1.54) is 0 Å². The zero-order chi connectivity index (χ0) is 10.7. The van der Waals surface area contributed by atoms with E-state index in [-0.39, 0.29) is 16.9 Å². The van der Waals surface area contributed by atoms with E-state index in [4.69, 9.17) is 0 Å². The van der Waals surface area contributed by atoms with Gasteiger partial charge in [-0.1, -0.05) is 13.3 Å². The summed E-state index contributed by atoms with van der Waals surface area (Å²) in [6.07, 6.45) is 3.91. The minimum atomic E-state index is -0.331. The number of rotatable bonds is 4. The van der Waals surface area contributed by atoms with E-state index in [9.17, 15) is 10.1 Å². The molecule has 0 aromatic carbocycles. The van der Waals surface area contributed by atoms with Gasteiger partial charge in [0, 0.05) is 6.54 Å². The molecule has 1 aliphatic heterocycles. The normalized spacial score (nSPS) is 21.4. The summed E-state index contributed by atoms with van der Waals surface area (Å²) in [6.45, 7) is 4.98. The van der Waals surface area contributed by atoms with Crippen LogP contribution in [0.3, 0.4) is 0 Å². The lowest BCUT2D eigenvalue weighted by Crippen LogP contribution is -2.36. The predicted molar refractivity (Wildman–Crippen MR) is 53.9 cm³/mol. The van der Waals surface area contributed by atoms with E-state index >= 15 is 0 Å². The number of nitro groups is 1. The van der Waals surface area contributed by atoms with Crippen LogP contribution in [-0.2, 0) is 0 Å². The van der Waals surface area contributed by atoms with Crippen molar-refractivity contribution in [3.63, 3.8) is 0 Å². The molecule has 0 bridgehead atoms. The Kier molecular flexibility index (Phi) is 3.33. The number of hydrogen-bond acceptors (Lipinski definition) is 4. The first-order chi connectivity index (χ1) is 6.57. The topological polar surface area (TPSA) is 49.6 Å². The van der Waals surface area contributed by atoms with Gasteiger partial charge in [-0.2, -0.15) is 0 Å². The largest absolute Gasteiger partial charge is 0.358 e. The van der Waals surface area contributed by atoms with Crippen molar-refractivity contribution >= 4 is 0 Å². The van der Waals surface area contributed by atoms with Gasteiger partial charge in [0.1, 0.15) is 0 Å². The van der Waals surface area contributed by atoms with Crippen LogP contribution in [0.25, 0.3) is 0 Å². The maximum absolute atomic E-state index is 10.6. The van der Waals surface area contributed by atoms with Crippen LogP contribution < -0.4 is 0 Å². The Bertz CT molecular complexity index is 252. The lowest BCUT2D eigenvalue weighted by molar-refractivity contribution is -0.444. The van der Waals surface area contributed by atoms with Gasteiger partial charge < -0.3 is 15.0 Å². The van der Waals surface area contributed by atoms with Gasteiger partial charge in [-0.15, -0.1) is 0 Å². The molecule has 5 nitrogen and oxygen atoms in total. The van der Waals surface area contributed by atoms with E-state index in [0.29, 0.717) is 0 Å². The molecule has 5 heteroatoms. The minimum absolute atomic E-state index is 0.0990. The molecule has 0 N–H and O–H groups in total. The molecule has 1 heterocycles. The van der Waals surface area contributed by atoms with E-state index in [1.807, 2.05) is 11.8 Å². The SMILES string of the molecule is CCCCN1C=C([N+](=O)[O-])N(C)C1C. The Labute approximate surface area is 84.1 Å². The maximum Gasteiger partial charge on any atom is 0.335 e. The van der Waals surface area contributed by atoms with Crippen molar-refractivity contribution in [1.82, 2.24) is 9.80 Å². The van der Waals surface area contributed by atoms with Crippen molar-refractivity contribution in [1.29, 1.82) is 0 Å². The average molecular weight is 199 g/mol. The van der Waals surface area contributed by atoms with E-state index in [1.54, 1.807) is 18.1 Å². The highest BCUT2D eigenvalue weighted by Gasteiger charge is 2.33. The molecule has 1 rings (SSSR count). The molecule has 0 saturated carbocycles. The lowest BCUT2D eigenvalue weighted by Gasteiger charge is -2.22. The Morgan fingerprint density at radius 3 is 2.71 bits per heavy atom. The van der Waals surface area contributed by atoms with Crippen LogP contribution in [0.1, 0.15) is 26.7 Å². The summed E-state index contributed by atoms with van der Waals surface area (Å²) in [5.41, 5.74) is 0. The number of nitrogens with zero attached hydrogens (tertiary/aromatic N) is 3. The lowest BCUT2D eigenvalue weighted by atomic mass is 10.3. The first-order valence-electron chi connectivity index (χ1n) is 4.92. The molecule has 0 aliphatic carbocycles. The first-order valence-corrected chi connectivity index (χ1v) is 4.92. The van der Waals surface area contributed by atoms with Crippen LogP contribution >= 0.6 is 0 Å². The summed E-state index contributed by atoms with van der Waals surface area (Å²) in [7, 11) is 1.76. The van der Waals surface area contributed by atoms with Gasteiger partial charge in [0.05, 0.1) is 13.2 Å². The summed E-state index contributed by atoms with van der Waals surface area (Å²) >= 11 is 0. The zero-order valence-electron chi connectivity index (χ0n) is 8.93. The van der Waals surface area contributed by atoms with Gasteiger partial charge in [-0.3, -0.25) is 0 Å². The molecule has 80 valence electrons. The highest BCUT2D eigenvalue weighted by atomic mass is 16.6. The summed E-state index contributed by atoms with van der Waals surface area (Å²) < 4.78 is 0. The molecule has 0 fully saturated rings. The van der Waals surface area contributed by atoms with Crippen molar-refractivity contribution in [2.45, 2.75) is 32.9 Å².